The van der Waals surface area contributed by atoms with Gasteiger partial charge in [0.05, 0.1) is 6.61 Å². The lowest BCUT2D eigenvalue weighted by Crippen LogP contribution is -1.98. The van der Waals surface area contributed by atoms with Gasteiger partial charge >= 0.3 is 0 Å². The van der Waals surface area contributed by atoms with Crippen LogP contribution in [0.15, 0.2) is 18.2 Å². The fourth-order valence-corrected chi connectivity index (χ4v) is 2.10. The van der Waals surface area contributed by atoms with Crippen molar-refractivity contribution in [2.45, 2.75) is 25.7 Å². The van der Waals surface area contributed by atoms with Crippen LogP contribution in [0.1, 0.15) is 35.2 Å². The van der Waals surface area contributed by atoms with Crippen molar-refractivity contribution >= 4 is 17.4 Å². The van der Waals surface area contributed by atoms with Gasteiger partial charge in [0.15, 0.2) is 5.78 Å². The molecule has 0 saturated carbocycles. The largest absolute Gasteiger partial charge is 0.494 e. The zero-order chi connectivity index (χ0) is 11.4. The Morgan fingerprint density at radius 1 is 1.25 bits per heavy atom. The Bertz CT molecular complexity index is 388. The lowest BCUT2D eigenvalue weighted by Gasteiger charge is -2.07. The number of hydrogen-bond donors (Lipinski definition) is 0. The standard InChI is InChI=1S/C13H15ClO2/c14-7-1-2-8-16-11-4-5-12-10(9-11)3-6-13(12)15/h4-5,9H,1-3,6-8H2. The molecule has 0 spiro atoms. The molecule has 0 atom stereocenters. The highest BCUT2D eigenvalue weighted by atomic mass is 35.5. The van der Waals surface area contributed by atoms with Gasteiger partial charge in [-0.15, -0.1) is 11.6 Å². The van der Waals surface area contributed by atoms with Crippen LogP contribution in [0.25, 0.3) is 0 Å². The van der Waals surface area contributed by atoms with Gasteiger partial charge in [0.1, 0.15) is 5.75 Å². The minimum Gasteiger partial charge on any atom is -0.494 e. The number of benzene rings is 1. The molecule has 1 aliphatic carbocycles. The molecule has 0 saturated heterocycles. The Labute approximate surface area is 101 Å². The molecule has 0 unspecified atom stereocenters. The molecule has 0 aromatic heterocycles. The molecular formula is C13H15ClO2. The van der Waals surface area contributed by atoms with Crippen molar-refractivity contribution < 1.29 is 9.53 Å². The molecule has 2 rings (SSSR count). The summed E-state index contributed by atoms with van der Waals surface area (Å²) in [7, 11) is 0. The SMILES string of the molecule is O=C1CCc2cc(OCCCCCl)ccc21. The second-order valence-electron chi connectivity index (χ2n) is 3.99. The number of alkyl halides is 1. The van der Waals surface area contributed by atoms with Crippen molar-refractivity contribution in [1.29, 1.82) is 0 Å². The number of carbonyl (C=O) groups is 1. The second kappa shape index (κ2) is 5.35. The van der Waals surface area contributed by atoms with Gasteiger partial charge < -0.3 is 4.74 Å². The summed E-state index contributed by atoms with van der Waals surface area (Å²) in [5, 5.41) is 0. The second-order valence-corrected chi connectivity index (χ2v) is 4.36. The van der Waals surface area contributed by atoms with Gasteiger partial charge in [-0.2, -0.15) is 0 Å². The predicted octanol–water partition coefficient (Wildman–Crippen LogP) is 3.21. The van der Waals surface area contributed by atoms with E-state index in [1.807, 2.05) is 18.2 Å². The average Bonchev–Trinajstić information content (AvgIpc) is 2.66. The number of fused-ring (bicyclic) bond motifs is 1. The minimum absolute atomic E-state index is 0.253. The van der Waals surface area contributed by atoms with Gasteiger partial charge in [-0.05, 0) is 43.0 Å². The van der Waals surface area contributed by atoms with Crippen LogP contribution in [-0.4, -0.2) is 18.3 Å². The van der Waals surface area contributed by atoms with Crippen LogP contribution < -0.4 is 4.74 Å². The zero-order valence-corrected chi connectivity index (χ0v) is 9.93. The normalized spacial score (nSPS) is 13.9. The fraction of sp³-hybridized carbons (Fsp3) is 0.462. The van der Waals surface area contributed by atoms with Crippen LogP contribution in [0.3, 0.4) is 0 Å². The topological polar surface area (TPSA) is 26.3 Å². The minimum atomic E-state index is 0.253. The molecular weight excluding hydrogens is 224 g/mol. The molecule has 1 aromatic rings. The van der Waals surface area contributed by atoms with Crippen molar-refractivity contribution in [3.05, 3.63) is 29.3 Å². The molecule has 0 fully saturated rings. The molecule has 2 nitrogen and oxygen atoms in total. The van der Waals surface area contributed by atoms with Crippen LogP contribution in [-0.2, 0) is 6.42 Å². The fourth-order valence-electron chi connectivity index (χ4n) is 1.91. The van der Waals surface area contributed by atoms with E-state index in [-0.39, 0.29) is 5.78 Å². The quantitative estimate of drug-likeness (QED) is 0.582. The van der Waals surface area contributed by atoms with Crippen molar-refractivity contribution in [2.24, 2.45) is 0 Å². The van der Waals surface area contributed by atoms with Crippen molar-refractivity contribution in [1.82, 2.24) is 0 Å². The first-order valence-electron chi connectivity index (χ1n) is 5.66. The summed E-state index contributed by atoms with van der Waals surface area (Å²) >= 11 is 5.58. The summed E-state index contributed by atoms with van der Waals surface area (Å²) in [5.74, 6) is 1.80. The summed E-state index contributed by atoms with van der Waals surface area (Å²) in [4.78, 5) is 11.4. The number of aryl methyl sites for hydroxylation is 1. The Kier molecular flexibility index (Phi) is 3.83. The third-order valence-electron chi connectivity index (χ3n) is 2.80. The predicted molar refractivity (Wildman–Crippen MR) is 64.5 cm³/mol. The highest BCUT2D eigenvalue weighted by molar-refractivity contribution is 6.17. The molecule has 0 N–H and O–H groups in total. The molecule has 1 aliphatic rings. The molecule has 0 radical (unpaired) electrons. The van der Waals surface area contributed by atoms with E-state index in [1.165, 1.54) is 0 Å². The highest BCUT2D eigenvalue weighted by Crippen LogP contribution is 2.26. The lowest BCUT2D eigenvalue weighted by molar-refractivity contribution is 0.0994. The third-order valence-corrected chi connectivity index (χ3v) is 3.06. The van der Waals surface area contributed by atoms with E-state index in [4.69, 9.17) is 16.3 Å². The summed E-state index contributed by atoms with van der Waals surface area (Å²) in [6.07, 6.45) is 3.45. The van der Waals surface area contributed by atoms with E-state index in [2.05, 4.69) is 0 Å². The Hall–Kier alpha value is -1.02. The summed E-state index contributed by atoms with van der Waals surface area (Å²) < 4.78 is 5.60. The van der Waals surface area contributed by atoms with Gasteiger partial charge in [-0.3, -0.25) is 4.79 Å². The van der Waals surface area contributed by atoms with E-state index < -0.39 is 0 Å². The van der Waals surface area contributed by atoms with Gasteiger partial charge in [-0.25, -0.2) is 0 Å². The van der Waals surface area contributed by atoms with Crippen LogP contribution in [0.2, 0.25) is 0 Å². The maximum absolute atomic E-state index is 11.4. The highest BCUT2D eigenvalue weighted by Gasteiger charge is 2.19. The van der Waals surface area contributed by atoms with Crippen LogP contribution in [0.5, 0.6) is 5.75 Å². The molecule has 0 bridgehead atoms. The monoisotopic (exact) mass is 238 g/mol. The maximum atomic E-state index is 11.4. The number of hydrogen-bond acceptors (Lipinski definition) is 2. The van der Waals surface area contributed by atoms with Crippen LogP contribution in [0, 0.1) is 0 Å². The number of unbranched alkanes of at least 4 members (excludes halogenated alkanes) is 1. The summed E-state index contributed by atoms with van der Waals surface area (Å²) in [6.45, 7) is 0.694. The smallest absolute Gasteiger partial charge is 0.163 e. The van der Waals surface area contributed by atoms with Crippen LogP contribution in [0.4, 0.5) is 0 Å². The molecule has 0 heterocycles. The number of ketones is 1. The van der Waals surface area contributed by atoms with E-state index in [0.29, 0.717) is 18.9 Å². The number of Topliss-reactive ketones (excluding diaryl/α,β-unsaturated/α-hetero) is 1. The van der Waals surface area contributed by atoms with Gasteiger partial charge in [-0.1, -0.05) is 0 Å². The zero-order valence-electron chi connectivity index (χ0n) is 9.17. The Balaban J connectivity index is 1.94. The van der Waals surface area contributed by atoms with Crippen molar-refractivity contribution in [3.8, 4) is 5.75 Å². The lowest BCUT2D eigenvalue weighted by atomic mass is 10.1. The van der Waals surface area contributed by atoms with E-state index in [0.717, 1.165) is 36.1 Å². The third kappa shape index (κ3) is 2.56. The summed E-state index contributed by atoms with van der Waals surface area (Å²) in [5.41, 5.74) is 1.99. The van der Waals surface area contributed by atoms with E-state index in [9.17, 15) is 4.79 Å². The van der Waals surface area contributed by atoms with Gasteiger partial charge in [0.25, 0.3) is 0 Å². The Morgan fingerprint density at radius 2 is 2.12 bits per heavy atom. The van der Waals surface area contributed by atoms with E-state index >= 15 is 0 Å². The summed E-state index contributed by atoms with van der Waals surface area (Å²) in [6, 6.07) is 5.74. The van der Waals surface area contributed by atoms with Crippen LogP contribution >= 0.6 is 11.6 Å². The van der Waals surface area contributed by atoms with Crippen molar-refractivity contribution in [2.75, 3.05) is 12.5 Å². The van der Waals surface area contributed by atoms with E-state index in [1.54, 1.807) is 0 Å². The van der Waals surface area contributed by atoms with Gasteiger partial charge in [0.2, 0.25) is 0 Å². The first-order valence-corrected chi connectivity index (χ1v) is 6.19. The van der Waals surface area contributed by atoms with Crippen molar-refractivity contribution in [3.63, 3.8) is 0 Å². The molecule has 0 aliphatic heterocycles. The van der Waals surface area contributed by atoms with Gasteiger partial charge in [0, 0.05) is 17.9 Å². The number of carbonyl (C=O) groups excluding carboxylic acids is 1. The Morgan fingerprint density at radius 3 is 2.94 bits per heavy atom. The average molecular weight is 239 g/mol. The first kappa shape index (κ1) is 11.5. The number of ether oxygens (including phenoxy) is 1. The molecule has 1 aromatic carbocycles. The number of rotatable bonds is 5. The first-order chi connectivity index (χ1) is 7.81. The number of halogens is 1. The molecule has 16 heavy (non-hydrogen) atoms. The molecule has 86 valence electrons. The molecule has 0 amide bonds. The maximum Gasteiger partial charge on any atom is 0.163 e. The molecule has 3 heteroatoms.